The Morgan fingerprint density at radius 2 is 2.03 bits per heavy atom. The van der Waals surface area contributed by atoms with Gasteiger partial charge < -0.3 is 14.6 Å². The van der Waals surface area contributed by atoms with Crippen LogP contribution in [0.15, 0.2) is 63.4 Å². The minimum absolute atomic E-state index is 0.223. The number of thiazole rings is 1. The van der Waals surface area contributed by atoms with E-state index in [0.717, 1.165) is 24.2 Å². The number of hydrogen-bond acceptors (Lipinski definition) is 7. The highest BCUT2D eigenvalue weighted by Gasteiger charge is 2.14. The summed E-state index contributed by atoms with van der Waals surface area (Å²) >= 11 is 1.38. The number of carbonyl (C=O) groups is 1. The number of nitrogens with zero attached hydrogens (tertiary/aromatic N) is 3. The Morgan fingerprint density at radius 1 is 1.19 bits per heavy atom. The number of nitrogens with one attached hydrogen (secondary N) is 1. The molecule has 3 heterocycles. The minimum atomic E-state index is -0.430. The molecule has 0 bridgehead atoms. The number of aromatic nitrogens is 2. The van der Waals surface area contributed by atoms with Crippen LogP contribution in [0.4, 0.5) is 5.69 Å². The molecule has 0 spiro atoms. The Labute approximate surface area is 183 Å². The average Bonchev–Trinajstić information content (AvgIpc) is 3.27. The molecule has 158 valence electrons. The van der Waals surface area contributed by atoms with Crippen molar-refractivity contribution >= 4 is 33.9 Å². The summed E-state index contributed by atoms with van der Waals surface area (Å²) in [5.41, 5.74) is 2.58. The number of carbonyl (C=O) groups excluding carboxylic acids is 1. The van der Waals surface area contributed by atoms with Crippen molar-refractivity contribution in [1.82, 2.24) is 15.3 Å². The van der Waals surface area contributed by atoms with Gasteiger partial charge in [0.1, 0.15) is 10.6 Å². The maximum absolute atomic E-state index is 12.6. The van der Waals surface area contributed by atoms with Gasteiger partial charge >= 0.3 is 5.63 Å². The summed E-state index contributed by atoms with van der Waals surface area (Å²) in [6.07, 6.45) is 3.12. The number of benzene rings is 1. The lowest BCUT2D eigenvalue weighted by atomic mass is 10.1. The van der Waals surface area contributed by atoms with Crippen molar-refractivity contribution < 1.29 is 9.21 Å². The zero-order valence-electron chi connectivity index (χ0n) is 17.3. The van der Waals surface area contributed by atoms with Crippen LogP contribution in [0.5, 0.6) is 0 Å². The molecular weight excluding hydrogens is 412 g/mol. The molecule has 3 aromatic heterocycles. The van der Waals surface area contributed by atoms with E-state index >= 15 is 0 Å². The van der Waals surface area contributed by atoms with Crippen molar-refractivity contribution in [2.45, 2.75) is 20.4 Å². The molecule has 1 aromatic carbocycles. The lowest BCUT2D eigenvalue weighted by Crippen LogP contribution is -2.22. The first-order valence-electron chi connectivity index (χ1n) is 10.0. The van der Waals surface area contributed by atoms with Crippen LogP contribution >= 0.6 is 11.3 Å². The zero-order valence-corrected chi connectivity index (χ0v) is 18.1. The molecule has 0 aliphatic heterocycles. The molecule has 8 heteroatoms. The highest BCUT2D eigenvalue weighted by atomic mass is 32.1. The molecule has 0 aliphatic carbocycles. The third kappa shape index (κ3) is 4.49. The van der Waals surface area contributed by atoms with Gasteiger partial charge in [-0.15, -0.1) is 11.3 Å². The van der Waals surface area contributed by atoms with Crippen LogP contribution in [0.25, 0.3) is 22.2 Å². The van der Waals surface area contributed by atoms with Gasteiger partial charge in [0.15, 0.2) is 0 Å². The summed E-state index contributed by atoms with van der Waals surface area (Å²) in [5, 5.41) is 6.15. The van der Waals surface area contributed by atoms with Gasteiger partial charge in [0, 0.05) is 48.0 Å². The van der Waals surface area contributed by atoms with Crippen LogP contribution in [0.3, 0.4) is 0 Å². The highest BCUT2D eigenvalue weighted by molar-refractivity contribution is 7.09. The molecule has 0 atom stereocenters. The van der Waals surface area contributed by atoms with Crippen molar-refractivity contribution in [2.75, 3.05) is 18.0 Å². The predicted molar refractivity (Wildman–Crippen MR) is 123 cm³/mol. The SMILES string of the molecule is CCN(CC)c1ccc2cc(-c3csc(CNC(=O)c4cccnc4)n3)c(=O)oc2c1. The summed E-state index contributed by atoms with van der Waals surface area (Å²) in [4.78, 5) is 35.4. The smallest absolute Gasteiger partial charge is 0.345 e. The van der Waals surface area contributed by atoms with Crippen LogP contribution in [0.2, 0.25) is 0 Å². The number of hydrogen-bond donors (Lipinski definition) is 1. The Kier molecular flexibility index (Phi) is 6.08. The second-order valence-electron chi connectivity index (χ2n) is 6.89. The van der Waals surface area contributed by atoms with Gasteiger partial charge in [-0.1, -0.05) is 0 Å². The third-order valence-electron chi connectivity index (χ3n) is 5.00. The summed E-state index contributed by atoms with van der Waals surface area (Å²) in [6, 6.07) is 11.1. The second kappa shape index (κ2) is 9.09. The van der Waals surface area contributed by atoms with E-state index in [1.165, 1.54) is 17.5 Å². The molecule has 0 radical (unpaired) electrons. The molecule has 7 nitrogen and oxygen atoms in total. The molecule has 1 N–H and O–H groups in total. The fourth-order valence-electron chi connectivity index (χ4n) is 3.33. The fourth-order valence-corrected chi connectivity index (χ4v) is 4.07. The molecule has 0 aliphatic rings. The minimum Gasteiger partial charge on any atom is -0.422 e. The van der Waals surface area contributed by atoms with Crippen molar-refractivity contribution in [3.05, 3.63) is 75.2 Å². The Bertz CT molecular complexity index is 1260. The van der Waals surface area contributed by atoms with Gasteiger partial charge in [0.25, 0.3) is 5.91 Å². The molecule has 1 amide bonds. The summed E-state index contributed by atoms with van der Waals surface area (Å²) in [6.45, 7) is 6.20. The second-order valence-corrected chi connectivity index (χ2v) is 7.84. The van der Waals surface area contributed by atoms with Crippen molar-refractivity contribution in [2.24, 2.45) is 0 Å². The molecule has 0 fully saturated rings. The van der Waals surface area contributed by atoms with Crippen molar-refractivity contribution in [1.29, 1.82) is 0 Å². The van der Waals surface area contributed by atoms with Gasteiger partial charge in [0.2, 0.25) is 0 Å². The number of anilines is 1. The first kappa shape index (κ1) is 20.7. The van der Waals surface area contributed by atoms with Gasteiger partial charge in [0.05, 0.1) is 23.4 Å². The Morgan fingerprint density at radius 3 is 2.77 bits per heavy atom. The largest absolute Gasteiger partial charge is 0.422 e. The molecule has 0 unspecified atom stereocenters. The van der Waals surface area contributed by atoms with Crippen LogP contribution in [0.1, 0.15) is 29.2 Å². The van der Waals surface area contributed by atoms with E-state index in [0.29, 0.717) is 27.4 Å². The third-order valence-corrected chi connectivity index (χ3v) is 5.85. The monoisotopic (exact) mass is 434 g/mol. The average molecular weight is 435 g/mol. The lowest BCUT2D eigenvalue weighted by Gasteiger charge is -2.20. The number of fused-ring (bicyclic) bond motifs is 1. The number of amides is 1. The Balaban J connectivity index is 1.54. The van der Waals surface area contributed by atoms with Gasteiger partial charge in [-0.25, -0.2) is 9.78 Å². The summed E-state index contributed by atoms with van der Waals surface area (Å²) < 4.78 is 5.60. The number of rotatable bonds is 7. The van der Waals surface area contributed by atoms with E-state index in [2.05, 4.69) is 34.0 Å². The first-order chi connectivity index (χ1) is 15.1. The molecule has 0 saturated carbocycles. The summed E-state index contributed by atoms with van der Waals surface area (Å²) in [7, 11) is 0. The molecular formula is C23H22N4O3S. The highest BCUT2D eigenvalue weighted by Crippen LogP contribution is 2.26. The number of pyridine rings is 1. The van der Waals surface area contributed by atoms with E-state index in [9.17, 15) is 9.59 Å². The maximum Gasteiger partial charge on any atom is 0.345 e. The van der Waals surface area contributed by atoms with Gasteiger partial charge in [-0.05, 0) is 44.2 Å². The van der Waals surface area contributed by atoms with Gasteiger partial charge in [-0.3, -0.25) is 9.78 Å². The zero-order chi connectivity index (χ0) is 21.8. The van der Waals surface area contributed by atoms with E-state index in [1.807, 2.05) is 18.2 Å². The maximum atomic E-state index is 12.6. The predicted octanol–water partition coefficient (Wildman–Crippen LogP) is 4.09. The first-order valence-corrected chi connectivity index (χ1v) is 10.9. The quantitative estimate of drug-likeness (QED) is 0.441. The standard InChI is InChI=1S/C23H22N4O3S/c1-3-27(4-2)17-8-7-15-10-18(23(29)30-20(15)11-17)19-14-31-21(26-19)13-25-22(28)16-6-5-9-24-12-16/h5-12,14H,3-4,13H2,1-2H3,(H,25,28). The van der Waals surface area contributed by atoms with Crippen LogP contribution in [-0.4, -0.2) is 29.0 Å². The topological polar surface area (TPSA) is 88.3 Å². The van der Waals surface area contributed by atoms with E-state index in [1.54, 1.807) is 29.8 Å². The molecule has 0 saturated heterocycles. The van der Waals surface area contributed by atoms with Crippen LogP contribution in [-0.2, 0) is 6.54 Å². The molecule has 4 rings (SSSR count). The van der Waals surface area contributed by atoms with Crippen molar-refractivity contribution in [3.63, 3.8) is 0 Å². The van der Waals surface area contributed by atoms with Crippen molar-refractivity contribution in [3.8, 4) is 11.3 Å². The van der Waals surface area contributed by atoms with Gasteiger partial charge in [-0.2, -0.15) is 0 Å². The normalized spacial score (nSPS) is 10.9. The van der Waals surface area contributed by atoms with Crippen LogP contribution < -0.4 is 15.8 Å². The molecule has 31 heavy (non-hydrogen) atoms. The molecule has 4 aromatic rings. The fraction of sp³-hybridized carbons (Fsp3) is 0.217. The van der Waals surface area contributed by atoms with E-state index in [4.69, 9.17) is 4.42 Å². The Hall–Kier alpha value is -3.52. The van der Waals surface area contributed by atoms with Crippen LogP contribution in [0, 0.1) is 0 Å². The lowest BCUT2D eigenvalue weighted by molar-refractivity contribution is 0.0950. The summed E-state index contributed by atoms with van der Waals surface area (Å²) in [5.74, 6) is -0.223. The van der Waals surface area contributed by atoms with E-state index < -0.39 is 5.63 Å². The van der Waals surface area contributed by atoms with E-state index in [-0.39, 0.29) is 12.5 Å².